The minimum absolute atomic E-state index is 0.638. The summed E-state index contributed by atoms with van der Waals surface area (Å²) in [6.45, 7) is 4.60. The van der Waals surface area contributed by atoms with Crippen LogP contribution in [0, 0.1) is 11.8 Å². The van der Waals surface area contributed by atoms with Gasteiger partial charge in [0.25, 0.3) is 0 Å². The molecule has 1 aromatic carbocycles. The van der Waals surface area contributed by atoms with Crippen molar-refractivity contribution in [2.75, 3.05) is 12.4 Å². The van der Waals surface area contributed by atoms with Gasteiger partial charge in [0.05, 0.1) is 7.11 Å². The Morgan fingerprint density at radius 3 is 2.67 bits per heavy atom. The van der Waals surface area contributed by atoms with Crippen LogP contribution < -0.4 is 10.1 Å². The molecule has 1 atom stereocenters. The monoisotopic (exact) mass is 247 g/mol. The molecule has 1 aromatic rings. The van der Waals surface area contributed by atoms with E-state index in [1.165, 1.54) is 31.4 Å². The first-order valence-electron chi connectivity index (χ1n) is 7.09. The highest BCUT2D eigenvalue weighted by molar-refractivity contribution is 5.49. The molecule has 0 amide bonds. The third-order valence-corrected chi connectivity index (χ3v) is 3.67. The van der Waals surface area contributed by atoms with Gasteiger partial charge in [0, 0.05) is 17.8 Å². The maximum absolute atomic E-state index is 5.27. The van der Waals surface area contributed by atoms with Gasteiger partial charge in [0.1, 0.15) is 5.75 Å². The summed E-state index contributed by atoms with van der Waals surface area (Å²) >= 11 is 0. The Bertz CT molecular complexity index is 371. The van der Waals surface area contributed by atoms with Gasteiger partial charge in [0.2, 0.25) is 0 Å². The Hall–Kier alpha value is -1.18. The van der Waals surface area contributed by atoms with Gasteiger partial charge in [-0.05, 0) is 49.7 Å². The van der Waals surface area contributed by atoms with Gasteiger partial charge in [0.15, 0.2) is 0 Å². The second-order valence-electron chi connectivity index (χ2n) is 5.79. The number of ether oxygens (including phenoxy) is 1. The molecular weight excluding hydrogens is 222 g/mol. The molecule has 1 fully saturated rings. The molecular formula is C16H25NO. The van der Waals surface area contributed by atoms with Crippen LogP contribution in [-0.4, -0.2) is 13.2 Å². The molecule has 0 aromatic heterocycles. The van der Waals surface area contributed by atoms with Gasteiger partial charge < -0.3 is 10.1 Å². The van der Waals surface area contributed by atoms with Crippen molar-refractivity contribution in [3.05, 3.63) is 24.3 Å². The summed E-state index contributed by atoms with van der Waals surface area (Å²) in [6, 6.07) is 8.90. The Labute approximate surface area is 111 Å². The summed E-state index contributed by atoms with van der Waals surface area (Å²) < 4.78 is 5.27. The first-order chi connectivity index (χ1) is 8.69. The average molecular weight is 247 g/mol. The molecule has 2 heteroatoms. The van der Waals surface area contributed by atoms with E-state index in [1.54, 1.807) is 7.11 Å². The average Bonchev–Trinajstić information content (AvgIpc) is 3.18. The van der Waals surface area contributed by atoms with Gasteiger partial charge in [-0.2, -0.15) is 0 Å². The van der Waals surface area contributed by atoms with Crippen molar-refractivity contribution in [2.45, 2.75) is 45.6 Å². The van der Waals surface area contributed by atoms with E-state index in [0.717, 1.165) is 17.6 Å². The first kappa shape index (κ1) is 13.3. The van der Waals surface area contributed by atoms with Gasteiger partial charge in [-0.1, -0.05) is 19.9 Å². The van der Waals surface area contributed by atoms with E-state index in [1.807, 2.05) is 12.1 Å². The molecule has 0 bridgehead atoms. The summed E-state index contributed by atoms with van der Waals surface area (Å²) in [5.74, 6) is 2.60. The summed E-state index contributed by atoms with van der Waals surface area (Å²) in [4.78, 5) is 0. The minimum atomic E-state index is 0.638. The number of anilines is 1. The summed E-state index contributed by atoms with van der Waals surface area (Å²) in [5, 5.41) is 3.69. The van der Waals surface area contributed by atoms with Crippen LogP contribution in [0.3, 0.4) is 0 Å². The van der Waals surface area contributed by atoms with Crippen molar-refractivity contribution in [2.24, 2.45) is 11.8 Å². The Balaban J connectivity index is 1.94. The number of hydrogen-bond donors (Lipinski definition) is 1. The van der Waals surface area contributed by atoms with Crippen LogP contribution >= 0.6 is 0 Å². The lowest BCUT2D eigenvalue weighted by Gasteiger charge is -2.21. The lowest BCUT2D eigenvalue weighted by molar-refractivity contribution is 0.415. The van der Waals surface area contributed by atoms with Crippen LogP contribution in [0.5, 0.6) is 5.75 Å². The Kier molecular flexibility index (Phi) is 4.51. The maximum atomic E-state index is 5.27. The van der Waals surface area contributed by atoms with Gasteiger partial charge in [-0.3, -0.25) is 0 Å². The molecule has 1 unspecified atom stereocenters. The van der Waals surface area contributed by atoms with Crippen LogP contribution in [-0.2, 0) is 0 Å². The van der Waals surface area contributed by atoms with Gasteiger partial charge in [-0.15, -0.1) is 0 Å². The Morgan fingerprint density at radius 2 is 2.06 bits per heavy atom. The number of methoxy groups -OCH3 is 1. The lowest BCUT2D eigenvalue weighted by Crippen LogP contribution is -2.22. The molecule has 1 N–H and O–H groups in total. The highest BCUT2D eigenvalue weighted by atomic mass is 16.5. The second kappa shape index (κ2) is 6.12. The molecule has 0 spiro atoms. The summed E-state index contributed by atoms with van der Waals surface area (Å²) in [7, 11) is 1.72. The normalized spacial score (nSPS) is 16.7. The van der Waals surface area contributed by atoms with E-state index < -0.39 is 0 Å². The molecule has 2 rings (SSSR count). The lowest BCUT2D eigenvalue weighted by atomic mass is 10.00. The molecule has 1 aliphatic rings. The third kappa shape index (κ3) is 3.94. The zero-order chi connectivity index (χ0) is 13.0. The second-order valence-corrected chi connectivity index (χ2v) is 5.79. The Morgan fingerprint density at radius 1 is 1.28 bits per heavy atom. The fourth-order valence-electron chi connectivity index (χ4n) is 2.36. The van der Waals surface area contributed by atoms with Crippen LogP contribution in [0.1, 0.15) is 39.5 Å². The van der Waals surface area contributed by atoms with Crippen molar-refractivity contribution in [1.29, 1.82) is 0 Å². The number of nitrogens with one attached hydrogen (secondary N) is 1. The van der Waals surface area contributed by atoms with E-state index in [4.69, 9.17) is 4.74 Å². The molecule has 1 saturated carbocycles. The minimum Gasteiger partial charge on any atom is -0.497 e. The molecule has 18 heavy (non-hydrogen) atoms. The largest absolute Gasteiger partial charge is 0.497 e. The molecule has 0 radical (unpaired) electrons. The van der Waals surface area contributed by atoms with Crippen LogP contribution in [0.25, 0.3) is 0 Å². The first-order valence-corrected chi connectivity index (χ1v) is 7.09. The molecule has 0 heterocycles. The van der Waals surface area contributed by atoms with Crippen LogP contribution in [0.15, 0.2) is 24.3 Å². The zero-order valence-corrected chi connectivity index (χ0v) is 11.8. The number of hydrogen-bond acceptors (Lipinski definition) is 2. The number of rotatable bonds is 7. The van der Waals surface area contributed by atoms with Crippen molar-refractivity contribution in [3.8, 4) is 5.75 Å². The maximum Gasteiger partial charge on any atom is 0.120 e. The smallest absolute Gasteiger partial charge is 0.120 e. The third-order valence-electron chi connectivity index (χ3n) is 3.67. The predicted molar refractivity (Wildman–Crippen MR) is 77.2 cm³/mol. The van der Waals surface area contributed by atoms with Gasteiger partial charge >= 0.3 is 0 Å². The summed E-state index contributed by atoms with van der Waals surface area (Å²) in [6.07, 6.45) is 5.36. The highest BCUT2D eigenvalue weighted by Gasteiger charge is 2.30. The van der Waals surface area contributed by atoms with E-state index in [9.17, 15) is 0 Å². The molecule has 2 nitrogen and oxygen atoms in total. The molecule has 0 aliphatic heterocycles. The van der Waals surface area contributed by atoms with Gasteiger partial charge in [-0.25, -0.2) is 0 Å². The van der Waals surface area contributed by atoms with Crippen LogP contribution in [0.4, 0.5) is 5.69 Å². The molecule has 100 valence electrons. The summed E-state index contributed by atoms with van der Waals surface area (Å²) in [5.41, 5.74) is 1.19. The fourth-order valence-corrected chi connectivity index (χ4v) is 2.36. The van der Waals surface area contributed by atoms with Crippen molar-refractivity contribution in [1.82, 2.24) is 0 Å². The quantitative estimate of drug-likeness (QED) is 0.774. The van der Waals surface area contributed by atoms with Crippen molar-refractivity contribution < 1.29 is 4.74 Å². The SMILES string of the molecule is COc1cccc(NC(CCC(C)C)C2CC2)c1. The number of benzene rings is 1. The zero-order valence-electron chi connectivity index (χ0n) is 11.8. The topological polar surface area (TPSA) is 21.3 Å². The molecule has 1 aliphatic carbocycles. The highest BCUT2D eigenvalue weighted by Crippen LogP contribution is 2.37. The van der Waals surface area contributed by atoms with E-state index >= 15 is 0 Å². The van der Waals surface area contributed by atoms with E-state index in [-0.39, 0.29) is 0 Å². The molecule has 0 saturated heterocycles. The van der Waals surface area contributed by atoms with E-state index in [0.29, 0.717) is 6.04 Å². The fraction of sp³-hybridized carbons (Fsp3) is 0.625. The standard InChI is InChI=1S/C16H25NO/c1-12(2)7-10-16(13-8-9-13)17-14-5-4-6-15(11-14)18-3/h4-6,11-13,16-17H,7-10H2,1-3H3. The van der Waals surface area contributed by atoms with Crippen molar-refractivity contribution in [3.63, 3.8) is 0 Å². The predicted octanol–water partition coefficient (Wildman–Crippen LogP) is 4.32. The van der Waals surface area contributed by atoms with Crippen LogP contribution in [0.2, 0.25) is 0 Å². The van der Waals surface area contributed by atoms with Crippen molar-refractivity contribution >= 4 is 5.69 Å². The van der Waals surface area contributed by atoms with E-state index in [2.05, 4.69) is 31.3 Å².